The number of thiophene rings is 1. The summed E-state index contributed by atoms with van der Waals surface area (Å²) in [6, 6.07) is 9.62. The first kappa shape index (κ1) is 27.9. The lowest BCUT2D eigenvalue weighted by Gasteiger charge is -2.19. The molecule has 0 spiro atoms. The minimum Gasteiger partial charge on any atom is -0.379 e. The maximum Gasteiger partial charge on any atom is 0.252 e. The summed E-state index contributed by atoms with van der Waals surface area (Å²) in [5.41, 5.74) is 2.36. The van der Waals surface area contributed by atoms with Gasteiger partial charge in [0.25, 0.3) is 5.91 Å². The van der Waals surface area contributed by atoms with Crippen LogP contribution in [0.2, 0.25) is 0 Å². The van der Waals surface area contributed by atoms with E-state index in [-0.39, 0.29) is 17.9 Å². The van der Waals surface area contributed by atoms with E-state index in [0.717, 1.165) is 42.5 Å². The standard InChI is InChI=1S/C28H40N4O3S/c1-6-21(7-2)32-25-13-12-20(17-24(25)30-26(32)18-22-11-9-16-36-22)27(33)31-23(8-3)28(34)29-14-10-15-35-19(4)5/h9,11-13,16-17,19,21,23H,6-8,10,14-15,18H2,1-5H3,(H,29,34)(H,31,33)/t23-/m0/s1. The van der Waals surface area contributed by atoms with Gasteiger partial charge in [-0.05, 0) is 69.2 Å². The number of benzene rings is 1. The number of carbonyl (C=O) groups is 2. The second-order valence-corrected chi connectivity index (χ2v) is 10.4. The fraction of sp³-hybridized carbons (Fsp3) is 0.536. The van der Waals surface area contributed by atoms with E-state index in [1.165, 1.54) is 4.88 Å². The Morgan fingerprint density at radius 3 is 2.53 bits per heavy atom. The van der Waals surface area contributed by atoms with Crippen LogP contribution in [0.5, 0.6) is 0 Å². The number of fused-ring (bicyclic) bond motifs is 1. The predicted molar refractivity (Wildman–Crippen MR) is 147 cm³/mol. The summed E-state index contributed by atoms with van der Waals surface area (Å²) < 4.78 is 7.84. The Balaban J connectivity index is 1.74. The number of hydrogen-bond donors (Lipinski definition) is 2. The Kier molecular flexibility index (Phi) is 10.5. The molecule has 0 unspecified atom stereocenters. The summed E-state index contributed by atoms with van der Waals surface area (Å²) in [5, 5.41) is 7.88. The lowest BCUT2D eigenvalue weighted by Crippen LogP contribution is -2.46. The number of rotatable bonds is 14. The van der Waals surface area contributed by atoms with Crippen LogP contribution in [0, 0.1) is 0 Å². The molecular formula is C28H40N4O3S. The van der Waals surface area contributed by atoms with E-state index in [9.17, 15) is 9.59 Å². The van der Waals surface area contributed by atoms with Gasteiger partial charge in [-0.15, -0.1) is 11.3 Å². The molecule has 0 fully saturated rings. The Labute approximate surface area is 218 Å². The molecular weight excluding hydrogens is 472 g/mol. The van der Waals surface area contributed by atoms with Crippen molar-refractivity contribution < 1.29 is 14.3 Å². The maximum absolute atomic E-state index is 13.1. The zero-order valence-electron chi connectivity index (χ0n) is 22.2. The second kappa shape index (κ2) is 13.6. The van der Waals surface area contributed by atoms with Gasteiger partial charge in [-0.2, -0.15) is 0 Å². The third-order valence-electron chi connectivity index (χ3n) is 6.35. The molecule has 36 heavy (non-hydrogen) atoms. The molecule has 0 saturated carbocycles. The van der Waals surface area contributed by atoms with Crippen LogP contribution in [0.3, 0.4) is 0 Å². The third-order valence-corrected chi connectivity index (χ3v) is 7.22. The fourth-order valence-corrected chi connectivity index (χ4v) is 5.07. The molecule has 0 aliphatic carbocycles. The van der Waals surface area contributed by atoms with Gasteiger partial charge in [-0.25, -0.2) is 4.98 Å². The van der Waals surface area contributed by atoms with Crippen LogP contribution < -0.4 is 10.6 Å². The molecule has 0 aliphatic heterocycles. The third kappa shape index (κ3) is 7.17. The highest BCUT2D eigenvalue weighted by Crippen LogP contribution is 2.28. The van der Waals surface area contributed by atoms with Gasteiger partial charge in [0.15, 0.2) is 0 Å². The summed E-state index contributed by atoms with van der Waals surface area (Å²) in [7, 11) is 0. The highest BCUT2D eigenvalue weighted by atomic mass is 32.1. The van der Waals surface area contributed by atoms with Gasteiger partial charge in [0.2, 0.25) is 5.91 Å². The molecule has 0 saturated heterocycles. The van der Waals surface area contributed by atoms with Gasteiger partial charge in [0.05, 0.1) is 17.1 Å². The van der Waals surface area contributed by atoms with E-state index in [2.05, 4.69) is 46.6 Å². The Morgan fingerprint density at radius 1 is 1.11 bits per heavy atom. The lowest BCUT2D eigenvalue weighted by atomic mass is 10.1. The monoisotopic (exact) mass is 512 g/mol. The number of nitrogens with zero attached hydrogens (tertiary/aromatic N) is 2. The van der Waals surface area contributed by atoms with Crippen LogP contribution >= 0.6 is 11.3 Å². The maximum atomic E-state index is 13.1. The van der Waals surface area contributed by atoms with Crippen molar-refractivity contribution in [2.75, 3.05) is 13.2 Å². The number of imidazole rings is 1. The van der Waals surface area contributed by atoms with Crippen molar-refractivity contribution in [3.63, 3.8) is 0 Å². The van der Waals surface area contributed by atoms with Crippen molar-refractivity contribution in [3.05, 3.63) is 52.0 Å². The molecule has 2 heterocycles. The van der Waals surface area contributed by atoms with E-state index < -0.39 is 6.04 Å². The largest absolute Gasteiger partial charge is 0.379 e. The van der Waals surface area contributed by atoms with Gasteiger partial charge in [0, 0.05) is 36.1 Å². The number of aromatic nitrogens is 2. The predicted octanol–water partition coefficient (Wildman–Crippen LogP) is 5.49. The van der Waals surface area contributed by atoms with Crippen molar-refractivity contribution in [2.45, 2.75) is 84.9 Å². The van der Waals surface area contributed by atoms with Crippen molar-refractivity contribution in [1.82, 2.24) is 20.2 Å². The molecule has 1 atom stereocenters. The van der Waals surface area contributed by atoms with E-state index in [1.54, 1.807) is 11.3 Å². The zero-order valence-corrected chi connectivity index (χ0v) is 23.0. The summed E-state index contributed by atoms with van der Waals surface area (Å²) in [4.78, 5) is 31.9. The number of hydrogen-bond acceptors (Lipinski definition) is 5. The van der Waals surface area contributed by atoms with Crippen LogP contribution in [0.1, 0.15) is 87.4 Å². The number of ether oxygens (including phenoxy) is 1. The Morgan fingerprint density at radius 2 is 1.89 bits per heavy atom. The Hall–Kier alpha value is -2.71. The molecule has 3 rings (SSSR count). The molecule has 0 aliphatic rings. The summed E-state index contributed by atoms with van der Waals surface area (Å²) >= 11 is 1.73. The molecule has 1 aromatic carbocycles. The summed E-state index contributed by atoms with van der Waals surface area (Å²) in [6.07, 6.45) is 4.21. The quantitative estimate of drug-likeness (QED) is 0.280. The van der Waals surface area contributed by atoms with Gasteiger partial charge >= 0.3 is 0 Å². The first-order valence-electron chi connectivity index (χ1n) is 13.1. The van der Waals surface area contributed by atoms with Gasteiger partial charge in [-0.3, -0.25) is 9.59 Å². The first-order valence-corrected chi connectivity index (χ1v) is 14.0. The van der Waals surface area contributed by atoms with Crippen LogP contribution in [-0.2, 0) is 16.0 Å². The van der Waals surface area contributed by atoms with E-state index >= 15 is 0 Å². The highest BCUT2D eigenvalue weighted by Gasteiger charge is 2.22. The van der Waals surface area contributed by atoms with E-state index in [1.807, 2.05) is 39.0 Å². The summed E-state index contributed by atoms with van der Waals surface area (Å²) in [5.74, 6) is 0.581. The van der Waals surface area contributed by atoms with E-state index in [4.69, 9.17) is 9.72 Å². The van der Waals surface area contributed by atoms with Gasteiger partial charge in [-0.1, -0.05) is 26.8 Å². The molecule has 196 valence electrons. The van der Waals surface area contributed by atoms with Crippen molar-refractivity contribution >= 4 is 34.2 Å². The molecule has 3 aromatic rings. The van der Waals surface area contributed by atoms with Crippen LogP contribution in [0.4, 0.5) is 0 Å². The molecule has 2 aromatic heterocycles. The van der Waals surface area contributed by atoms with Crippen molar-refractivity contribution in [2.24, 2.45) is 0 Å². The number of amides is 2. The normalized spacial score (nSPS) is 12.4. The molecule has 0 bridgehead atoms. The van der Waals surface area contributed by atoms with Crippen LogP contribution in [0.25, 0.3) is 11.0 Å². The highest BCUT2D eigenvalue weighted by molar-refractivity contribution is 7.09. The minimum atomic E-state index is -0.587. The fourth-order valence-electron chi connectivity index (χ4n) is 4.37. The summed E-state index contributed by atoms with van der Waals surface area (Å²) in [6.45, 7) is 11.4. The molecule has 7 nitrogen and oxygen atoms in total. The molecule has 0 radical (unpaired) electrons. The lowest BCUT2D eigenvalue weighted by molar-refractivity contribution is -0.123. The average molecular weight is 513 g/mol. The van der Waals surface area contributed by atoms with Crippen LogP contribution in [-0.4, -0.2) is 46.7 Å². The number of carbonyl (C=O) groups excluding carboxylic acids is 2. The van der Waals surface area contributed by atoms with Gasteiger partial charge < -0.3 is 19.9 Å². The molecule has 2 amide bonds. The van der Waals surface area contributed by atoms with Crippen molar-refractivity contribution in [3.8, 4) is 0 Å². The smallest absolute Gasteiger partial charge is 0.252 e. The minimum absolute atomic E-state index is 0.173. The van der Waals surface area contributed by atoms with Crippen molar-refractivity contribution in [1.29, 1.82) is 0 Å². The molecule has 2 N–H and O–H groups in total. The first-order chi connectivity index (χ1) is 17.4. The van der Waals surface area contributed by atoms with Gasteiger partial charge in [0.1, 0.15) is 11.9 Å². The Bertz CT molecular complexity index is 1120. The zero-order chi connectivity index (χ0) is 26.1. The second-order valence-electron chi connectivity index (χ2n) is 9.33. The topological polar surface area (TPSA) is 85.2 Å². The van der Waals surface area contributed by atoms with E-state index in [0.29, 0.717) is 31.2 Å². The molecule has 8 heteroatoms. The average Bonchev–Trinajstić information content (AvgIpc) is 3.50. The van der Waals surface area contributed by atoms with Crippen LogP contribution in [0.15, 0.2) is 35.7 Å². The number of nitrogens with one attached hydrogen (secondary N) is 2. The SMILES string of the molecule is CCC(CC)n1c(Cc2cccs2)nc2cc(C(=O)N[C@@H](CC)C(=O)NCCCOC(C)C)ccc21.